The van der Waals surface area contributed by atoms with Crippen molar-refractivity contribution >= 4 is 12.0 Å². The van der Waals surface area contributed by atoms with Gasteiger partial charge in [0.25, 0.3) is 0 Å². The van der Waals surface area contributed by atoms with Gasteiger partial charge in [0.1, 0.15) is 0 Å². The standard InChI is InChI=1S/C14H16F3NO2/c1-13(20)5-2-6-18(9-13)11-4-3-10(8-19)12(7-11)14(15,16)17/h3-4,7-8,20H,2,5-6,9H2,1H3. The van der Waals surface area contributed by atoms with Crippen LogP contribution in [0.3, 0.4) is 0 Å². The van der Waals surface area contributed by atoms with Crippen molar-refractivity contribution in [1.82, 2.24) is 0 Å². The second-order valence-electron chi connectivity index (χ2n) is 5.41. The van der Waals surface area contributed by atoms with Crippen LogP contribution in [0.1, 0.15) is 35.7 Å². The molecule has 110 valence electrons. The molecule has 1 aromatic rings. The fourth-order valence-electron chi connectivity index (χ4n) is 2.53. The van der Waals surface area contributed by atoms with Crippen molar-refractivity contribution in [2.24, 2.45) is 0 Å². The van der Waals surface area contributed by atoms with E-state index in [1.54, 1.807) is 11.8 Å². The molecular formula is C14H16F3NO2. The van der Waals surface area contributed by atoms with Gasteiger partial charge in [-0.3, -0.25) is 4.79 Å². The number of carbonyl (C=O) groups excluding carboxylic acids is 1. The lowest BCUT2D eigenvalue weighted by atomic mass is 9.94. The van der Waals surface area contributed by atoms with Gasteiger partial charge in [-0.05, 0) is 38.0 Å². The van der Waals surface area contributed by atoms with Crippen molar-refractivity contribution in [3.05, 3.63) is 29.3 Å². The third kappa shape index (κ3) is 3.12. The summed E-state index contributed by atoms with van der Waals surface area (Å²) < 4.78 is 38.7. The van der Waals surface area contributed by atoms with Crippen LogP contribution in [-0.2, 0) is 6.18 Å². The predicted molar refractivity (Wildman–Crippen MR) is 68.9 cm³/mol. The van der Waals surface area contributed by atoms with Crippen LogP contribution in [0.2, 0.25) is 0 Å². The molecule has 1 fully saturated rings. The Morgan fingerprint density at radius 2 is 2.10 bits per heavy atom. The third-order valence-corrected chi connectivity index (χ3v) is 3.51. The minimum absolute atomic E-state index is 0.207. The minimum Gasteiger partial charge on any atom is -0.388 e. The Morgan fingerprint density at radius 1 is 1.40 bits per heavy atom. The molecule has 1 saturated heterocycles. The highest BCUT2D eigenvalue weighted by Gasteiger charge is 2.35. The van der Waals surface area contributed by atoms with E-state index in [9.17, 15) is 23.1 Å². The van der Waals surface area contributed by atoms with E-state index in [1.165, 1.54) is 12.1 Å². The monoisotopic (exact) mass is 287 g/mol. The quantitative estimate of drug-likeness (QED) is 0.850. The van der Waals surface area contributed by atoms with E-state index < -0.39 is 17.3 Å². The molecule has 2 rings (SSSR count). The van der Waals surface area contributed by atoms with E-state index in [0.29, 0.717) is 25.1 Å². The zero-order valence-electron chi connectivity index (χ0n) is 11.1. The van der Waals surface area contributed by atoms with Gasteiger partial charge >= 0.3 is 6.18 Å². The number of hydrogen-bond donors (Lipinski definition) is 1. The molecule has 0 radical (unpaired) electrons. The maximum Gasteiger partial charge on any atom is 0.417 e. The van der Waals surface area contributed by atoms with E-state index >= 15 is 0 Å². The fourth-order valence-corrected chi connectivity index (χ4v) is 2.53. The van der Waals surface area contributed by atoms with Gasteiger partial charge in [-0.25, -0.2) is 0 Å². The van der Waals surface area contributed by atoms with Gasteiger partial charge in [0.2, 0.25) is 0 Å². The Labute approximate surface area is 115 Å². The number of benzene rings is 1. The second-order valence-corrected chi connectivity index (χ2v) is 5.41. The molecule has 0 spiro atoms. The molecule has 0 saturated carbocycles. The van der Waals surface area contributed by atoms with E-state index in [2.05, 4.69) is 0 Å². The SMILES string of the molecule is CC1(O)CCCN(c2ccc(C=O)c(C(F)(F)F)c2)C1. The molecule has 3 nitrogen and oxygen atoms in total. The van der Waals surface area contributed by atoms with Gasteiger partial charge in [-0.15, -0.1) is 0 Å². The Balaban J connectivity index is 2.36. The maximum atomic E-state index is 12.9. The number of anilines is 1. The molecule has 1 atom stereocenters. The second kappa shape index (κ2) is 5.09. The normalized spacial score (nSPS) is 23.8. The van der Waals surface area contributed by atoms with Crippen molar-refractivity contribution < 1.29 is 23.1 Å². The summed E-state index contributed by atoms with van der Waals surface area (Å²) in [6.07, 6.45) is -3.02. The molecule has 1 unspecified atom stereocenters. The molecular weight excluding hydrogens is 271 g/mol. The van der Waals surface area contributed by atoms with E-state index in [1.807, 2.05) is 0 Å². The van der Waals surface area contributed by atoms with Crippen LogP contribution >= 0.6 is 0 Å². The van der Waals surface area contributed by atoms with Crippen LogP contribution in [0.25, 0.3) is 0 Å². The average Bonchev–Trinajstić information content (AvgIpc) is 2.35. The van der Waals surface area contributed by atoms with Crippen LogP contribution in [0.4, 0.5) is 18.9 Å². The first-order valence-electron chi connectivity index (χ1n) is 6.37. The summed E-state index contributed by atoms with van der Waals surface area (Å²) in [7, 11) is 0. The first-order valence-corrected chi connectivity index (χ1v) is 6.37. The number of rotatable bonds is 2. The molecule has 1 aromatic carbocycles. The van der Waals surface area contributed by atoms with Crippen LogP contribution in [-0.4, -0.2) is 30.1 Å². The smallest absolute Gasteiger partial charge is 0.388 e. The van der Waals surface area contributed by atoms with Gasteiger partial charge < -0.3 is 10.0 Å². The van der Waals surface area contributed by atoms with Crippen molar-refractivity contribution in [3.8, 4) is 0 Å². The lowest BCUT2D eigenvalue weighted by molar-refractivity contribution is -0.137. The lowest BCUT2D eigenvalue weighted by Crippen LogP contribution is -2.46. The fraction of sp³-hybridized carbons (Fsp3) is 0.500. The van der Waals surface area contributed by atoms with Crippen molar-refractivity contribution in [2.75, 3.05) is 18.0 Å². The number of aliphatic hydroxyl groups is 1. The molecule has 0 aliphatic carbocycles. The molecule has 1 heterocycles. The highest BCUT2D eigenvalue weighted by Crippen LogP contribution is 2.35. The number of alkyl halides is 3. The largest absolute Gasteiger partial charge is 0.417 e. The topological polar surface area (TPSA) is 40.5 Å². The number of carbonyl (C=O) groups is 1. The van der Waals surface area contributed by atoms with Crippen molar-refractivity contribution in [2.45, 2.75) is 31.5 Å². The number of halogens is 3. The maximum absolute atomic E-state index is 12.9. The van der Waals surface area contributed by atoms with Crippen molar-refractivity contribution in [1.29, 1.82) is 0 Å². The molecule has 20 heavy (non-hydrogen) atoms. The summed E-state index contributed by atoms with van der Waals surface area (Å²) in [6.45, 7) is 2.54. The third-order valence-electron chi connectivity index (χ3n) is 3.51. The summed E-state index contributed by atoms with van der Waals surface area (Å²) >= 11 is 0. The Morgan fingerprint density at radius 3 is 2.65 bits per heavy atom. The molecule has 1 N–H and O–H groups in total. The van der Waals surface area contributed by atoms with Crippen LogP contribution < -0.4 is 4.90 Å². The van der Waals surface area contributed by atoms with Gasteiger partial charge in [0.15, 0.2) is 6.29 Å². The van der Waals surface area contributed by atoms with E-state index in [4.69, 9.17) is 0 Å². The molecule has 0 amide bonds. The van der Waals surface area contributed by atoms with Gasteiger partial charge in [0.05, 0.1) is 11.2 Å². The highest BCUT2D eigenvalue weighted by molar-refractivity contribution is 5.79. The van der Waals surface area contributed by atoms with Crippen LogP contribution in [0.15, 0.2) is 18.2 Å². The van der Waals surface area contributed by atoms with Gasteiger partial charge in [-0.1, -0.05) is 0 Å². The summed E-state index contributed by atoms with van der Waals surface area (Å²) in [5.41, 5.74) is -1.83. The highest BCUT2D eigenvalue weighted by atomic mass is 19.4. The number of nitrogens with zero attached hydrogens (tertiary/aromatic N) is 1. The first kappa shape index (κ1) is 14.8. The summed E-state index contributed by atoms with van der Waals surface area (Å²) in [4.78, 5) is 12.4. The Kier molecular flexibility index (Phi) is 3.77. The number of aldehydes is 1. The van der Waals surface area contributed by atoms with E-state index in [-0.39, 0.29) is 18.4 Å². The zero-order valence-corrected chi connectivity index (χ0v) is 11.1. The summed E-state index contributed by atoms with van der Waals surface area (Å²) in [5.74, 6) is 0. The lowest BCUT2D eigenvalue weighted by Gasteiger charge is -2.38. The van der Waals surface area contributed by atoms with Crippen LogP contribution in [0, 0.1) is 0 Å². The first-order chi connectivity index (χ1) is 9.23. The average molecular weight is 287 g/mol. The van der Waals surface area contributed by atoms with Gasteiger partial charge in [0, 0.05) is 24.3 Å². The summed E-state index contributed by atoms with van der Waals surface area (Å²) in [6, 6.07) is 3.64. The molecule has 6 heteroatoms. The number of hydrogen-bond acceptors (Lipinski definition) is 3. The van der Waals surface area contributed by atoms with Crippen molar-refractivity contribution in [3.63, 3.8) is 0 Å². The van der Waals surface area contributed by atoms with E-state index in [0.717, 1.165) is 6.07 Å². The minimum atomic E-state index is -4.56. The van der Waals surface area contributed by atoms with Crippen LogP contribution in [0.5, 0.6) is 0 Å². The molecule has 0 bridgehead atoms. The Hall–Kier alpha value is -1.56. The predicted octanol–water partition coefficient (Wildman–Crippen LogP) is 2.87. The number of piperidine rings is 1. The molecule has 0 aromatic heterocycles. The zero-order chi connectivity index (χ0) is 15.0. The summed E-state index contributed by atoms with van der Waals surface area (Å²) in [5, 5.41) is 10.0. The number of β-amino-alcohol motifs (C(OH)–C–C–N with tert-alkyl or cyclic N) is 1. The Bertz CT molecular complexity index is 512. The molecule has 1 aliphatic heterocycles. The molecule has 1 aliphatic rings. The van der Waals surface area contributed by atoms with Gasteiger partial charge in [-0.2, -0.15) is 13.2 Å².